The molecule has 0 heterocycles. The Labute approximate surface area is 182 Å². The van der Waals surface area contributed by atoms with Crippen molar-refractivity contribution in [1.29, 1.82) is 5.26 Å². The van der Waals surface area contributed by atoms with E-state index in [1.54, 1.807) is 33.8 Å². The van der Waals surface area contributed by atoms with Gasteiger partial charge in [0.05, 0.1) is 17.2 Å². The molecule has 1 saturated carbocycles. The van der Waals surface area contributed by atoms with Crippen molar-refractivity contribution in [3.63, 3.8) is 0 Å². The Morgan fingerprint density at radius 3 is 2.20 bits per heavy atom. The van der Waals surface area contributed by atoms with Crippen molar-refractivity contribution in [3.8, 4) is 6.07 Å². The lowest BCUT2D eigenvalue weighted by Crippen LogP contribution is -2.22. The number of benzene rings is 1. The summed E-state index contributed by atoms with van der Waals surface area (Å²) >= 11 is 0. The zero-order valence-electron chi connectivity index (χ0n) is 19.8. The van der Waals surface area contributed by atoms with Crippen LogP contribution in [0.1, 0.15) is 97.6 Å². The summed E-state index contributed by atoms with van der Waals surface area (Å²) in [6, 6.07) is 4.81. The Bertz CT molecular complexity index is 715. The fraction of sp³-hybridized carbons (Fsp3) is 0.640. The van der Waals surface area contributed by atoms with Crippen molar-refractivity contribution in [2.24, 2.45) is 10.9 Å². The first-order valence-corrected chi connectivity index (χ1v) is 10.9. The molecular formula is C25H39FN2O2. The van der Waals surface area contributed by atoms with Crippen LogP contribution >= 0.6 is 0 Å². The van der Waals surface area contributed by atoms with E-state index in [1.807, 2.05) is 13.0 Å². The van der Waals surface area contributed by atoms with E-state index in [-0.39, 0.29) is 12.2 Å². The highest BCUT2D eigenvalue weighted by atomic mass is 19.1. The minimum atomic E-state index is -0.826. The van der Waals surface area contributed by atoms with Gasteiger partial charge in [-0.05, 0) is 57.7 Å². The minimum Gasteiger partial charge on any atom is -0.390 e. The van der Waals surface area contributed by atoms with Gasteiger partial charge in [-0.15, -0.1) is 0 Å². The van der Waals surface area contributed by atoms with E-state index in [0.29, 0.717) is 23.2 Å². The number of Topliss-reactive ketones (excluding diaryl/α,β-unsaturated/α-hetero) is 1. The average molecular weight is 419 g/mol. The fourth-order valence-electron chi connectivity index (χ4n) is 2.77. The first kappa shape index (κ1) is 27.9. The van der Waals surface area contributed by atoms with Crippen LogP contribution in [0.5, 0.6) is 0 Å². The Morgan fingerprint density at radius 2 is 1.90 bits per heavy atom. The zero-order chi connectivity index (χ0) is 23.3. The molecule has 1 fully saturated rings. The monoisotopic (exact) mass is 418 g/mol. The lowest BCUT2D eigenvalue weighted by molar-refractivity contribution is -0.122. The molecule has 168 valence electrons. The van der Waals surface area contributed by atoms with Crippen LogP contribution in [0, 0.1) is 30.0 Å². The van der Waals surface area contributed by atoms with E-state index in [2.05, 4.69) is 18.8 Å². The zero-order valence-corrected chi connectivity index (χ0v) is 19.8. The van der Waals surface area contributed by atoms with Crippen LogP contribution in [0.15, 0.2) is 17.1 Å². The van der Waals surface area contributed by atoms with Gasteiger partial charge in [-0.25, -0.2) is 4.39 Å². The van der Waals surface area contributed by atoms with Crippen LogP contribution in [0.25, 0.3) is 0 Å². The highest BCUT2D eigenvalue weighted by Gasteiger charge is 2.15. The number of halogens is 1. The molecule has 5 heteroatoms. The van der Waals surface area contributed by atoms with Gasteiger partial charge in [0.1, 0.15) is 17.3 Å². The maximum absolute atomic E-state index is 13.6. The summed E-state index contributed by atoms with van der Waals surface area (Å²) in [5, 5.41) is 17.8. The number of nitrogens with zero attached hydrogens (tertiary/aromatic N) is 2. The van der Waals surface area contributed by atoms with E-state index in [0.717, 1.165) is 24.5 Å². The molecule has 0 saturated heterocycles. The van der Waals surface area contributed by atoms with Gasteiger partial charge in [-0.1, -0.05) is 46.5 Å². The van der Waals surface area contributed by atoms with Crippen LogP contribution < -0.4 is 0 Å². The quantitative estimate of drug-likeness (QED) is 0.514. The molecule has 0 unspecified atom stereocenters. The van der Waals surface area contributed by atoms with E-state index < -0.39 is 11.4 Å². The van der Waals surface area contributed by atoms with Crippen molar-refractivity contribution in [3.05, 3.63) is 29.1 Å². The van der Waals surface area contributed by atoms with Gasteiger partial charge in [0.2, 0.25) is 0 Å². The Hall–Kier alpha value is -2.06. The summed E-state index contributed by atoms with van der Waals surface area (Å²) < 4.78 is 13.6. The summed E-state index contributed by atoms with van der Waals surface area (Å²) in [5.41, 5.74) is 1.47. The lowest BCUT2D eigenvalue weighted by Gasteiger charge is -2.18. The lowest BCUT2D eigenvalue weighted by atomic mass is 9.88. The molecule has 1 aromatic carbocycles. The van der Waals surface area contributed by atoms with Crippen LogP contribution in [0.4, 0.5) is 10.1 Å². The molecule has 0 atom stereocenters. The minimum absolute atomic E-state index is 0.113. The van der Waals surface area contributed by atoms with Gasteiger partial charge in [0, 0.05) is 18.6 Å². The van der Waals surface area contributed by atoms with E-state index >= 15 is 0 Å². The van der Waals surface area contributed by atoms with E-state index in [9.17, 15) is 9.18 Å². The van der Waals surface area contributed by atoms with Gasteiger partial charge in [0.25, 0.3) is 0 Å². The SMILES string of the molecule is CC1CCC1.CCC(=O)CC(C)(C)O.CCCC(C)=Nc1c(C)cc(C#N)cc1F. The summed E-state index contributed by atoms with van der Waals surface area (Å²) in [6.45, 7) is 13.1. The molecule has 1 N–H and O–H groups in total. The van der Waals surface area contributed by atoms with Gasteiger partial charge in [-0.3, -0.25) is 9.79 Å². The number of rotatable bonds is 6. The summed E-state index contributed by atoms with van der Waals surface area (Å²) in [5.74, 6) is 0.754. The van der Waals surface area contributed by atoms with Crippen LogP contribution in [0.2, 0.25) is 0 Å². The first-order valence-electron chi connectivity index (χ1n) is 10.9. The second kappa shape index (κ2) is 14.0. The number of aryl methyl sites for hydroxylation is 1. The molecule has 0 aliphatic heterocycles. The van der Waals surface area contributed by atoms with E-state index in [4.69, 9.17) is 10.4 Å². The van der Waals surface area contributed by atoms with Gasteiger partial charge < -0.3 is 5.11 Å². The Balaban J connectivity index is 0.000000500. The average Bonchev–Trinajstić information content (AvgIpc) is 2.62. The predicted molar refractivity (Wildman–Crippen MR) is 123 cm³/mol. The maximum atomic E-state index is 13.6. The number of carbonyl (C=O) groups is 1. The molecular weight excluding hydrogens is 379 g/mol. The van der Waals surface area contributed by atoms with Crippen molar-refractivity contribution < 1.29 is 14.3 Å². The van der Waals surface area contributed by atoms with Crippen LogP contribution in [0.3, 0.4) is 0 Å². The third kappa shape index (κ3) is 12.5. The summed E-state index contributed by atoms with van der Waals surface area (Å²) in [4.78, 5) is 14.9. The highest BCUT2D eigenvalue weighted by Crippen LogP contribution is 2.25. The third-order valence-corrected chi connectivity index (χ3v) is 4.72. The molecule has 0 spiro atoms. The third-order valence-electron chi connectivity index (χ3n) is 4.72. The molecule has 30 heavy (non-hydrogen) atoms. The standard InChI is InChI=1S/C13H15FN2.C7H14O2.C5H10/c1-4-5-10(3)16-13-9(2)6-11(8-15)7-12(13)14;1-4-6(8)5-7(2,3)9;1-5-3-2-4-5/h6-7H,4-5H2,1-3H3;9H,4-5H2,1-3H3;5H,2-4H2,1H3. The number of aliphatic hydroxyl groups is 1. The first-order chi connectivity index (χ1) is 13.9. The molecule has 0 radical (unpaired) electrons. The number of hydrogen-bond acceptors (Lipinski definition) is 4. The number of hydrogen-bond donors (Lipinski definition) is 1. The summed E-state index contributed by atoms with van der Waals surface area (Å²) in [6.07, 6.45) is 7.10. The molecule has 1 aliphatic carbocycles. The fourth-order valence-corrected chi connectivity index (χ4v) is 2.77. The van der Waals surface area contributed by atoms with Gasteiger partial charge in [-0.2, -0.15) is 5.26 Å². The maximum Gasteiger partial charge on any atom is 0.150 e. The smallest absolute Gasteiger partial charge is 0.150 e. The van der Waals surface area contributed by atoms with Crippen molar-refractivity contribution >= 4 is 17.2 Å². The Kier molecular flexibility index (Phi) is 13.1. The van der Waals surface area contributed by atoms with Crippen molar-refractivity contribution in [2.45, 2.75) is 99.0 Å². The molecule has 0 bridgehead atoms. The van der Waals surface area contributed by atoms with Crippen LogP contribution in [-0.4, -0.2) is 22.2 Å². The number of aliphatic imine (C=N–C) groups is 1. The van der Waals surface area contributed by atoms with Crippen molar-refractivity contribution in [2.75, 3.05) is 0 Å². The van der Waals surface area contributed by atoms with Gasteiger partial charge >= 0.3 is 0 Å². The van der Waals surface area contributed by atoms with Crippen LogP contribution in [-0.2, 0) is 4.79 Å². The largest absolute Gasteiger partial charge is 0.390 e. The second-order valence-electron chi connectivity index (χ2n) is 8.75. The predicted octanol–water partition coefficient (Wildman–Crippen LogP) is 6.83. The highest BCUT2D eigenvalue weighted by molar-refractivity contribution is 5.85. The van der Waals surface area contributed by atoms with E-state index in [1.165, 1.54) is 25.3 Å². The molecule has 1 aromatic rings. The number of nitriles is 1. The second-order valence-corrected chi connectivity index (χ2v) is 8.75. The Morgan fingerprint density at radius 1 is 1.33 bits per heavy atom. The molecule has 2 rings (SSSR count). The summed E-state index contributed by atoms with van der Waals surface area (Å²) in [7, 11) is 0. The normalized spacial score (nSPS) is 13.8. The number of carbonyl (C=O) groups excluding carboxylic acids is 1. The topological polar surface area (TPSA) is 73.4 Å². The van der Waals surface area contributed by atoms with Gasteiger partial charge in [0.15, 0.2) is 0 Å². The molecule has 1 aliphatic rings. The molecule has 0 aromatic heterocycles. The molecule has 0 amide bonds. The number of ketones is 1. The van der Waals surface area contributed by atoms with Crippen molar-refractivity contribution in [1.82, 2.24) is 0 Å². The molecule has 4 nitrogen and oxygen atoms in total.